The van der Waals surface area contributed by atoms with Gasteiger partial charge in [-0.1, -0.05) is 12.1 Å². The van der Waals surface area contributed by atoms with E-state index in [1.807, 2.05) is 0 Å². The van der Waals surface area contributed by atoms with Gasteiger partial charge in [0.15, 0.2) is 0 Å². The quantitative estimate of drug-likeness (QED) is 0.494. The van der Waals surface area contributed by atoms with Crippen LogP contribution in [0.3, 0.4) is 0 Å². The van der Waals surface area contributed by atoms with Gasteiger partial charge in [-0.05, 0) is 67.5 Å². The second-order valence-corrected chi connectivity index (χ2v) is 8.32. The number of sulfone groups is 1. The number of esters is 1. The van der Waals surface area contributed by atoms with Gasteiger partial charge in [0.05, 0.1) is 22.0 Å². The van der Waals surface area contributed by atoms with Crippen LogP contribution < -0.4 is 0 Å². The van der Waals surface area contributed by atoms with E-state index >= 15 is 0 Å². The van der Waals surface area contributed by atoms with E-state index in [-0.39, 0.29) is 22.0 Å². The van der Waals surface area contributed by atoms with Gasteiger partial charge in [0.2, 0.25) is 9.84 Å². The number of rotatable bonds is 6. The van der Waals surface area contributed by atoms with Crippen molar-refractivity contribution in [3.05, 3.63) is 72.3 Å². The van der Waals surface area contributed by atoms with E-state index in [4.69, 9.17) is 4.74 Å². The lowest BCUT2D eigenvalue weighted by Crippen LogP contribution is -2.17. The zero-order valence-corrected chi connectivity index (χ0v) is 16.7. The third kappa shape index (κ3) is 4.25. The first-order chi connectivity index (χ1) is 13.7. The summed E-state index contributed by atoms with van der Waals surface area (Å²) in [6, 6.07) is 10.5. The summed E-state index contributed by atoms with van der Waals surface area (Å²) in [6.45, 7) is 3.35. The molecule has 0 amide bonds. The van der Waals surface area contributed by atoms with E-state index < -0.39 is 28.7 Å². The van der Waals surface area contributed by atoms with Crippen LogP contribution in [0.15, 0.2) is 70.7 Å². The molecule has 0 aliphatic heterocycles. The fourth-order valence-corrected chi connectivity index (χ4v) is 4.21. The average molecular weight is 415 g/mol. The summed E-state index contributed by atoms with van der Waals surface area (Å²) in [7, 11) is -4.79. The molecule has 0 radical (unpaired) electrons. The number of benzene rings is 2. The fraction of sp³-hybridized carbons (Fsp3) is 0.150. The maximum atomic E-state index is 13.5. The normalized spacial score (nSPS) is 11.3. The Morgan fingerprint density at radius 1 is 1.17 bits per heavy atom. The van der Waals surface area contributed by atoms with Crippen LogP contribution in [0.4, 0.5) is 4.39 Å². The van der Waals surface area contributed by atoms with Crippen LogP contribution in [0.5, 0.6) is 0 Å². The van der Waals surface area contributed by atoms with Crippen LogP contribution in [0.1, 0.15) is 17.3 Å². The molecule has 0 atom stereocenters. The number of hydrogen-bond acceptors (Lipinski definition) is 5. The first-order valence-electron chi connectivity index (χ1n) is 8.91. The minimum absolute atomic E-state index is 0.0627. The highest BCUT2D eigenvalue weighted by atomic mass is 32.2. The van der Waals surface area contributed by atoms with E-state index in [2.05, 4.69) is 0 Å². The van der Waals surface area contributed by atoms with E-state index in [0.717, 1.165) is 12.1 Å². The number of carbonyl (C=O) groups is 1. The van der Waals surface area contributed by atoms with Gasteiger partial charge in [0.1, 0.15) is 5.82 Å². The lowest BCUT2D eigenvalue weighted by molar-refractivity contribution is 0.0527. The smallest absolute Gasteiger partial charge is 0.413 e. The van der Waals surface area contributed by atoms with Gasteiger partial charge in [-0.2, -0.15) is 0 Å². The summed E-state index contributed by atoms with van der Waals surface area (Å²) >= 11 is 0. The standard InChI is InChI=1S/C20H19BFNO5S/c1-3-28-20(24)19-12-17(29(26,27)16-6-4-5-15(22)11-16)7-8-18(19)14-9-10-23(13-14)21(2)25/h4-13,25H,3H2,1-2H3. The highest BCUT2D eigenvalue weighted by Gasteiger charge is 2.23. The van der Waals surface area contributed by atoms with E-state index in [1.54, 1.807) is 36.7 Å². The Labute approximate surface area is 168 Å². The van der Waals surface area contributed by atoms with Crippen LogP contribution in [0.2, 0.25) is 6.82 Å². The number of aromatic nitrogens is 1. The molecule has 9 heteroatoms. The molecule has 0 unspecified atom stereocenters. The van der Waals surface area contributed by atoms with Gasteiger partial charge in [0.25, 0.3) is 0 Å². The van der Waals surface area contributed by atoms with E-state index in [9.17, 15) is 22.6 Å². The fourth-order valence-electron chi connectivity index (χ4n) is 2.89. The number of halogens is 1. The molecule has 29 heavy (non-hydrogen) atoms. The van der Waals surface area contributed by atoms with Crippen molar-refractivity contribution in [2.24, 2.45) is 0 Å². The molecule has 6 nitrogen and oxygen atoms in total. The van der Waals surface area contributed by atoms with Crippen molar-refractivity contribution in [2.75, 3.05) is 6.61 Å². The van der Waals surface area contributed by atoms with Crippen molar-refractivity contribution >= 4 is 22.9 Å². The zero-order valence-electron chi connectivity index (χ0n) is 15.9. The van der Waals surface area contributed by atoms with Crippen LogP contribution in [-0.2, 0) is 14.6 Å². The topological polar surface area (TPSA) is 85.6 Å². The Balaban J connectivity index is 2.14. The Morgan fingerprint density at radius 3 is 2.52 bits per heavy atom. The van der Waals surface area contributed by atoms with Crippen LogP contribution in [0.25, 0.3) is 11.1 Å². The number of hydrogen-bond donors (Lipinski definition) is 1. The van der Waals surface area contributed by atoms with Gasteiger partial charge >= 0.3 is 13.0 Å². The molecular weight excluding hydrogens is 396 g/mol. The largest absolute Gasteiger partial charge is 0.462 e. The van der Waals surface area contributed by atoms with E-state index in [0.29, 0.717) is 11.1 Å². The summed E-state index contributed by atoms with van der Waals surface area (Å²) in [6.07, 6.45) is 3.29. The molecule has 3 aromatic rings. The predicted molar refractivity (Wildman–Crippen MR) is 107 cm³/mol. The summed E-state index contributed by atoms with van der Waals surface area (Å²) in [4.78, 5) is 12.2. The van der Waals surface area contributed by atoms with Crippen LogP contribution in [0, 0.1) is 5.82 Å². The molecule has 0 aliphatic rings. The molecule has 1 heterocycles. The molecule has 3 rings (SSSR count). The Morgan fingerprint density at radius 2 is 1.90 bits per heavy atom. The maximum Gasteiger partial charge on any atom is 0.413 e. The average Bonchev–Trinajstić information content (AvgIpc) is 3.18. The van der Waals surface area contributed by atoms with Gasteiger partial charge in [0, 0.05) is 6.20 Å². The highest BCUT2D eigenvalue weighted by Crippen LogP contribution is 2.30. The second-order valence-electron chi connectivity index (χ2n) is 6.37. The van der Waals surface area contributed by atoms with Gasteiger partial charge in [-0.25, -0.2) is 17.6 Å². The molecule has 1 N–H and O–H groups in total. The molecule has 0 spiro atoms. The summed E-state index contributed by atoms with van der Waals surface area (Å²) < 4.78 is 46.0. The molecule has 1 aromatic heterocycles. The predicted octanol–water partition coefficient (Wildman–Crippen LogP) is 3.26. The SMILES string of the molecule is CCOC(=O)c1cc(S(=O)(=O)c2cccc(F)c2)ccc1-c1ccn(B(C)O)c1. The van der Waals surface area contributed by atoms with Gasteiger partial charge < -0.3 is 14.2 Å². The van der Waals surface area contributed by atoms with Crippen molar-refractivity contribution in [1.29, 1.82) is 0 Å². The van der Waals surface area contributed by atoms with Crippen LogP contribution >= 0.6 is 0 Å². The summed E-state index contributed by atoms with van der Waals surface area (Å²) in [5.41, 5.74) is 1.14. The minimum atomic E-state index is -4.03. The molecule has 0 saturated carbocycles. The van der Waals surface area contributed by atoms with E-state index in [1.165, 1.54) is 30.3 Å². The molecule has 150 valence electrons. The first kappa shape index (κ1) is 20.8. The van der Waals surface area contributed by atoms with Crippen LogP contribution in [-0.4, -0.2) is 37.5 Å². The molecule has 2 aromatic carbocycles. The number of ether oxygens (including phenoxy) is 1. The lowest BCUT2D eigenvalue weighted by Gasteiger charge is -2.11. The summed E-state index contributed by atoms with van der Waals surface area (Å²) in [5.74, 6) is -1.35. The van der Waals surface area contributed by atoms with Crippen molar-refractivity contribution in [3.8, 4) is 11.1 Å². The monoisotopic (exact) mass is 415 g/mol. The van der Waals surface area contributed by atoms with Crippen molar-refractivity contribution < 1.29 is 27.4 Å². The zero-order chi connectivity index (χ0) is 21.2. The number of nitrogens with zero attached hydrogens (tertiary/aromatic N) is 1. The molecule has 0 fully saturated rings. The first-order valence-corrected chi connectivity index (χ1v) is 10.4. The van der Waals surface area contributed by atoms with Gasteiger partial charge in [-0.3, -0.25) is 0 Å². The molecular formula is C20H19BFNO5S. The minimum Gasteiger partial charge on any atom is -0.462 e. The third-order valence-electron chi connectivity index (χ3n) is 4.36. The highest BCUT2D eigenvalue weighted by molar-refractivity contribution is 7.91. The number of carbonyl (C=O) groups excluding carboxylic acids is 1. The van der Waals surface area contributed by atoms with Crippen molar-refractivity contribution in [3.63, 3.8) is 0 Å². The second kappa shape index (κ2) is 8.22. The Kier molecular flexibility index (Phi) is 5.90. The molecule has 0 saturated heterocycles. The molecule has 0 bridgehead atoms. The lowest BCUT2D eigenvalue weighted by atomic mass is 9.88. The Bertz CT molecular complexity index is 1160. The van der Waals surface area contributed by atoms with Crippen molar-refractivity contribution in [2.45, 2.75) is 23.5 Å². The van der Waals surface area contributed by atoms with Gasteiger partial charge in [-0.15, -0.1) is 0 Å². The Hall–Kier alpha value is -2.91. The molecule has 0 aliphatic carbocycles. The van der Waals surface area contributed by atoms with Crippen molar-refractivity contribution in [1.82, 2.24) is 4.48 Å². The third-order valence-corrected chi connectivity index (χ3v) is 6.11. The maximum absolute atomic E-state index is 13.5. The summed E-state index contributed by atoms with van der Waals surface area (Å²) in [5, 5.41) is 9.71.